The highest BCUT2D eigenvalue weighted by Crippen LogP contribution is 2.16. The fourth-order valence-electron chi connectivity index (χ4n) is 2.25. The zero-order valence-corrected chi connectivity index (χ0v) is 15.3. The molecule has 0 aliphatic rings. The molecule has 3 rings (SSSR count). The summed E-state index contributed by atoms with van der Waals surface area (Å²) in [6.07, 6.45) is 5.02. The first-order chi connectivity index (χ1) is 13.2. The molecule has 0 saturated heterocycles. The smallest absolute Gasteiger partial charge is 0.250 e. The molecule has 1 aromatic carbocycles. The van der Waals surface area contributed by atoms with E-state index in [4.69, 9.17) is 0 Å². The summed E-state index contributed by atoms with van der Waals surface area (Å²) < 4.78 is 0. The number of pyridine rings is 1. The molecule has 0 spiro atoms. The Morgan fingerprint density at radius 2 is 1.85 bits per heavy atom. The van der Waals surface area contributed by atoms with Crippen molar-refractivity contribution in [2.75, 3.05) is 5.32 Å². The van der Waals surface area contributed by atoms with E-state index in [1.165, 1.54) is 17.4 Å². The van der Waals surface area contributed by atoms with E-state index in [0.717, 1.165) is 11.3 Å². The quantitative estimate of drug-likeness (QED) is 0.619. The van der Waals surface area contributed by atoms with Crippen LogP contribution in [0.3, 0.4) is 0 Å². The van der Waals surface area contributed by atoms with Gasteiger partial charge >= 0.3 is 0 Å². The molecule has 2 aromatic heterocycles. The number of hydrogen-bond donors (Lipinski definition) is 2. The number of benzene rings is 1. The summed E-state index contributed by atoms with van der Waals surface area (Å²) in [5, 5.41) is 7.73. The summed E-state index contributed by atoms with van der Waals surface area (Å²) >= 11 is 1.29. The lowest BCUT2D eigenvalue weighted by Gasteiger charge is -2.03. The van der Waals surface area contributed by atoms with Crippen molar-refractivity contribution in [2.24, 2.45) is 0 Å². The molecule has 0 aliphatic carbocycles. The molecule has 0 unspecified atom stereocenters. The Labute approximate surface area is 161 Å². The average molecular weight is 378 g/mol. The van der Waals surface area contributed by atoms with Crippen LogP contribution < -0.4 is 10.6 Å². The number of amides is 2. The molecule has 3 aromatic rings. The molecule has 27 heavy (non-hydrogen) atoms. The van der Waals surface area contributed by atoms with Crippen LogP contribution in [0, 0.1) is 0 Å². The first-order valence-corrected chi connectivity index (χ1v) is 9.22. The second-order valence-corrected chi connectivity index (χ2v) is 6.51. The minimum Gasteiger partial charge on any atom is -0.350 e. The summed E-state index contributed by atoms with van der Waals surface area (Å²) in [6.45, 7) is 0.373. The van der Waals surface area contributed by atoms with Gasteiger partial charge in [0.2, 0.25) is 11.8 Å². The van der Waals surface area contributed by atoms with Crippen molar-refractivity contribution in [3.8, 4) is 0 Å². The molecule has 0 fully saturated rings. The first-order valence-electron chi connectivity index (χ1n) is 8.34. The van der Waals surface area contributed by atoms with Gasteiger partial charge in [-0.15, -0.1) is 11.3 Å². The number of carbonyl (C=O) groups excluding carboxylic acids is 2. The van der Waals surface area contributed by atoms with Crippen LogP contribution in [-0.4, -0.2) is 21.8 Å². The van der Waals surface area contributed by atoms with Crippen LogP contribution in [0.1, 0.15) is 17.0 Å². The van der Waals surface area contributed by atoms with Crippen molar-refractivity contribution in [2.45, 2.75) is 13.0 Å². The zero-order valence-electron chi connectivity index (χ0n) is 14.5. The van der Waals surface area contributed by atoms with Gasteiger partial charge in [0.25, 0.3) is 0 Å². The van der Waals surface area contributed by atoms with Crippen LogP contribution in [-0.2, 0) is 22.6 Å². The molecule has 2 heterocycles. The topological polar surface area (TPSA) is 84.0 Å². The van der Waals surface area contributed by atoms with Crippen molar-refractivity contribution < 1.29 is 9.59 Å². The highest BCUT2D eigenvalue weighted by molar-refractivity contribution is 7.14. The van der Waals surface area contributed by atoms with Gasteiger partial charge < -0.3 is 5.32 Å². The molecule has 2 amide bonds. The molecule has 0 aliphatic heterocycles. The number of carbonyl (C=O) groups is 2. The van der Waals surface area contributed by atoms with E-state index in [-0.39, 0.29) is 18.2 Å². The Balaban J connectivity index is 1.47. The van der Waals surface area contributed by atoms with Crippen LogP contribution in [0.2, 0.25) is 0 Å². The van der Waals surface area contributed by atoms with E-state index in [1.54, 1.807) is 17.7 Å². The number of aromatic nitrogens is 2. The molecule has 7 heteroatoms. The second kappa shape index (κ2) is 9.40. The lowest BCUT2D eigenvalue weighted by molar-refractivity contribution is -0.120. The van der Waals surface area contributed by atoms with Crippen molar-refractivity contribution >= 4 is 34.4 Å². The summed E-state index contributed by atoms with van der Waals surface area (Å²) in [4.78, 5) is 32.4. The number of anilines is 1. The Kier molecular flexibility index (Phi) is 6.43. The zero-order chi connectivity index (χ0) is 18.9. The standard InChI is InChI=1S/C20H18N4O2S/c25-18(10-9-15-6-2-1-3-7-15)24-20-23-17(14-27-20)12-19(26)22-13-16-8-4-5-11-21-16/h1-11,14H,12-13H2,(H,22,26)(H,23,24,25)/b10-9+. The predicted molar refractivity (Wildman–Crippen MR) is 106 cm³/mol. The third kappa shape index (κ3) is 6.16. The van der Waals surface area contributed by atoms with Crippen molar-refractivity contribution in [3.63, 3.8) is 0 Å². The Morgan fingerprint density at radius 3 is 2.63 bits per heavy atom. The van der Waals surface area contributed by atoms with Gasteiger partial charge in [-0.2, -0.15) is 0 Å². The van der Waals surface area contributed by atoms with E-state index < -0.39 is 0 Å². The SMILES string of the molecule is O=C(/C=C/c1ccccc1)Nc1nc(CC(=O)NCc2ccccn2)cs1. The maximum atomic E-state index is 12.0. The molecular weight excluding hydrogens is 360 g/mol. The van der Waals surface area contributed by atoms with E-state index in [0.29, 0.717) is 17.4 Å². The van der Waals surface area contributed by atoms with Gasteiger partial charge in [-0.1, -0.05) is 36.4 Å². The van der Waals surface area contributed by atoms with Gasteiger partial charge in [-0.05, 0) is 23.8 Å². The third-order valence-corrected chi connectivity index (χ3v) is 4.35. The second-order valence-electron chi connectivity index (χ2n) is 5.65. The molecular formula is C20H18N4O2S. The van der Waals surface area contributed by atoms with Gasteiger partial charge in [0.15, 0.2) is 5.13 Å². The lowest BCUT2D eigenvalue weighted by atomic mass is 10.2. The maximum Gasteiger partial charge on any atom is 0.250 e. The summed E-state index contributed by atoms with van der Waals surface area (Å²) in [5.74, 6) is -0.410. The van der Waals surface area contributed by atoms with Gasteiger partial charge in [0.05, 0.1) is 24.4 Å². The van der Waals surface area contributed by atoms with Crippen molar-refractivity contribution in [1.29, 1.82) is 0 Å². The number of nitrogens with zero attached hydrogens (tertiary/aromatic N) is 2. The minimum absolute atomic E-state index is 0.146. The van der Waals surface area contributed by atoms with Crippen molar-refractivity contribution in [3.05, 3.63) is 83.1 Å². The normalized spacial score (nSPS) is 10.7. The number of hydrogen-bond acceptors (Lipinski definition) is 5. The number of nitrogens with one attached hydrogen (secondary N) is 2. The van der Waals surface area contributed by atoms with Crippen LogP contribution in [0.15, 0.2) is 66.2 Å². The lowest BCUT2D eigenvalue weighted by Crippen LogP contribution is -2.25. The number of rotatable bonds is 7. The van der Waals surface area contributed by atoms with E-state index >= 15 is 0 Å². The van der Waals surface area contributed by atoms with Gasteiger partial charge in [0, 0.05) is 17.7 Å². The summed E-state index contributed by atoms with van der Waals surface area (Å²) in [6, 6.07) is 15.1. The summed E-state index contributed by atoms with van der Waals surface area (Å²) in [5.41, 5.74) is 2.35. The van der Waals surface area contributed by atoms with Crippen LogP contribution in [0.4, 0.5) is 5.13 Å². The Morgan fingerprint density at radius 1 is 1.04 bits per heavy atom. The summed E-state index contributed by atoms with van der Waals surface area (Å²) in [7, 11) is 0. The van der Waals surface area contributed by atoms with Crippen LogP contribution in [0.5, 0.6) is 0 Å². The maximum absolute atomic E-state index is 12.0. The van der Waals surface area contributed by atoms with Gasteiger partial charge in [0.1, 0.15) is 0 Å². The van der Waals surface area contributed by atoms with E-state index in [1.807, 2.05) is 48.5 Å². The largest absolute Gasteiger partial charge is 0.350 e. The molecule has 0 saturated carbocycles. The van der Waals surface area contributed by atoms with Crippen molar-refractivity contribution in [1.82, 2.24) is 15.3 Å². The fourth-order valence-corrected chi connectivity index (χ4v) is 2.96. The third-order valence-electron chi connectivity index (χ3n) is 3.54. The predicted octanol–water partition coefficient (Wildman–Crippen LogP) is 3.05. The van der Waals surface area contributed by atoms with Gasteiger partial charge in [-0.25, -0.2) is 4.98 Å². The molecule has 2 N–H and O–H groups in total. The molecule has 6 nitrogen and oxygen atoms in total. The van der Waals surface area contributed by atoms with E-state index in [2.05, 4.69) is 20.6 Å². The molecule has 136 valence electrons. The number of thiazole rings is 1. The van der Waals surface area contributed by atoms with Crippen LogP contribution in [0.25, 0.3) is 6.08 Å². The molecule has 0 radical (unpaired) electrons. The Hall–Kier alpha value is -3.32. The van der Waals surface area contributed by atoms with Crippen LogP contribution >= 0.6 is 11.3 Å². The minimum atomic E-state index is -0.264. The fraction of sp³-hybridized carbons (Fsp3) is 0.100. The van der Waals surface area contributed by atoms with E-state index in [9.17, 15) is 9.59 Å². The highest BCUT2D eigenvalue weighted by atomic mass is 32.1. The molecule has 0 bridgehead atoms. The monoisotopic (exact) mass is 378 g/mol. The first kappa shape index (κ1) is 18.5. The van der Waals surface area contributed by atoms with Gasteiger partial charge in [-0.3, -0.25) is 19.9 Å². The Bertz CT molecular complexity index is 923. The average Bonchev–Trinajstić information content (AvgIpc) is 3.13. The molecule has 0 atom stereocenters. The highest BCUT2D eigenvalue weighted by Gasteiger charge is 2.09.